The Bertz CT molecular complexity index is 1330. The summed E-state index contributed by atoms with van der Waals surface area (Å²) in [4.78, 5) is 16.1. The van der Waals surface area contributed by atoms with Crippen molar-refractivity contribution in [1.29, 1.82) is 5.26 Å². The molecule has 162 valence electrons. The van der Waals surface area contributed by atoms with Gasteiger partial charge in [-0.05, 0) is 67.3 Å². The zero-order valence-electron chi connectivity index (χ0n) is 18.7. The van der Waals surface area contributed by atoms with Crippen molar-refractivity contribution in [2.75, 3.05) is 10.6 Å². The Kier molecular flexibility index (Phi) is 6.09. The van der Waals surface area contributed by atoms with Gasteiger partial charge >= 0.3 is 0 Å². The number of anilines is 3. The Labute approximate surface area is 187 Å². The van der Waals surface area contributed by atoms with Gasteiger partial charge in [0.25, 0.3) is 0 Å². The number of nitrogens with one attached hydrogen (secondary N) is 2. The molecule has 0 atom stereocenters. The molecule has 0 saturated heterocycles. The van der Waals surface area contributed by atoms with E-state index in [2.05, 4.69) is 28.0 Å². The highest BCUT2D eigenvalue weighted by atomic mass is 16.1. The number of benzene rings is 2. The largest absolute Gasteiger partial charge is 0.341 e. The summed E-state index contributed by atoms with van der Waals surface area (Å²) >= 11 is 0. The van der Waals surface area contributed by atoms with E-state index in [1.54, 1.807) is 0 Å². The molecule has 0 aliphatic carbocycles. The number of hydrogen-bond acceptors (Lipinski definition) is 4. The van der Waals surface area contributed by atoms with Gasteiger partial charge < -0.3 is 10.6 Å². The Balaban J connectivity index is 1.90. The van der Waals surface area contributed by atoms with Crippen molar-refractivity contribution in [2.45, 2.75) is 46.5 Å². The maximum Gasteiger partial charge on any atom is 0.221 e. The number of aromatic nitrogens is 2. The molecule has 4 rings (SSSR count). The van der Waals surface area contributed by atoms with Crippen LogP contribution in [0.25, 0.3) is 16.7 Å². The quantitative estimate of drug-likeness (QED) is 0.350. The van der Waals surface area contributed by atoms with Gasteiger partial charge in [-0.15, -0.1) is 0 Å². The highest BCUT2D eigenvalue weighted by Crippen LogP contribution is 2.34. The second-order valence-corrected chi connectivity index (χ2v) is 8.04. The number of hydrogen-bond donors (Lipinski definition) is 2. The van der Waals surface area contributed by atoms with Crippen LogP contribution < -0.4 is 10.6 Å². The van der Waals surface area contributed by atoms with Gasteiger partial charge in [-0.2, -0.15) is 5.26 Å². The Morgan fingerprint density at radius 2 is 1.81 bits per heavy atom. The molecular formula is C26H27N5O. The van der Waals surface area contributed by atoms with Crippen molar-refractivity contribution in [3.8, 4) is 6.07 Å². The summed E-state index contributed by atoms with van der Waals surface area (Å²) in [5.41, 5.74) is 6.88. The topological polar surface area (TPSA) is 82.2 Å². The fourth-order valence-corrected chi connectivity index (χ4v) is 4.15. The van der Waals surface area contributed by atoms with Crippen LogP contribution in [-0.2, 0) is 11.2 Å². The smallest absolute Gasteiger partial charge is 0.221 e. The molecule has 2 aromatic heterocycles. The molecule has 0 saturated carbocycles. The molecule has 0 aliphatic rings. The number of rotatable bonds is 7. The van der Waals surface area contributed by atoms with Crippen LogP contribution in [0, 0.1) is 18.3 Å². The molecule has 6 nitrogen and oxygen atoms in total. The fraction of sp³-hybridized carbons (Fsp3) is 0.269. The minimum Gasteiger partial charge on any atom is -0.341 e. The molecule has 2 heterocycles. The highest BCUT2D eigenvalue weighted by Gasteiger charge is 2.20. The van der Waals surface area contributed by atoms with Crippen LogP contribution in [0.4, 0.5) is 17.2 Å². The summed E-state index contributed by atoms with van der Waals surface area (Å²) in [7, 11) is 0. The van der Waals surface area contributed by atoms with Crippen LogP contribution in [0.3, 0.4) is 0 Å². The molecule has 4 aromatic rings. The number of amides is 1. The van der Waals surface area contributed by atoms with Gasteiger partial charge in [0.15, 0.2) is 5.65 Å². The number of unbranched alkanes of at least 4 members (excludes halogenated alkanes) is 2. The molecule has 0 radical (unpaired) electrons. The van der Waals surface area contributed by atoms with E-state index in [9.17, 15) is 10.1 Å². The Morgan fingerprint density at radius 3 is 2.50 bits per heavy atom. The maximum atomic E-state index is 11.3. The third-order valence-electron chi connectivity index (χ3n) is 5.73. The molecule has 1 amide bonds. The highest BCUT2D eigenvalue weighted by molar-refractivity contribution is 5.89. The van der Waals surface area contributed by atoms with Crippen LogP contribution >= 0.6 is 0 Å². The van der Waals surface area contributed by atoms with E-state index >= 15 is 0 Å². The number of nitriles is 1. The lowest BCUT2D eigenvalue weighted by molar-refractivity contribution is -0.114. The van der Waals surface area contributed by atoms with Crippen molar-refractivity contribution in [3.05, 3.63) is 65.2 Å². The van der Waals surface area contributed by atoms with E-state index in [0.29, 0.717) is 11.2 Å². The first kappa shape index (κ1) is 21.4. The van der Waals surface area contributed by atoms with Gasteiger partial charge in [0.05, 0.1) is 16.6 Å². The number of fused-ring (bicyclic) bond motifs is 3. The zero-order chi connectivity index (χ0) is 22.7. The second-order valence-electron chi connectivity index (χ2n) is 8.04. The summed E-state index contributed by atoms with van der Waals surface area (Å²) in [5, 5.41) is 16.4. The first-order valence-electron chi connectivity index (χ1n) is 11.0. The van der Waals surface area contributed by atoms with Crippen LogP contribution in [-0.4, -0.2) is 15.3 Å². The molecule has 0 unspecified atom stereocenters. The van der Waals surface area contributed by atoms with Gasteiger partial charge in [-0.25, -0.2) is 4.98 Å². The minimum absolute atomic E-state index is 0.0989. The molecule has 2 N–H and O–H groups in total. The van der Waals surface area contributed by atoms with Gasteiger partial charge in [-0.3, -0.25) is 9.20 Å². The standard InChI is InChI=1S/C26H27N5O/c1-4-5-6-9-21-17(2)22(16-27)26-30-23-10-7-8-11-24(23)31(26)25(21)29-20-14-12-19(13-15-20)28-18(3)32/h7-8,10-15,29H,4-6,9H2,1-3H3,(H,28,32). The molecule has 0 bridgehead atoms. The third kappa shape index (κ3) is 4.02. The summed E-state index contributed by atoms with van der Waals surface area (Å²) in [6.45, 7) is 5.70. The molecule has 0 spiro atoms. The van der Waals surface area contributed by atoms with Crippen LogP contribution in [0.1, 0.15) is 49.8 Å². The Hall–Kier alpha value is -3.85. The summed E-state index contributed by atoms with van der Waals surface area (Å²) in [6, 6.07) is 18.0. The molecule has 0 fully saturated rings. The average molecular weight is 426 g/mol. The lowest BCUT2D eigenvalue weighted by atomic mass is 9.99. The number of carbonyl (C=O) groups excluding carboxylic acids is 1. The number of carbonyl (C=O) groups is 1. The van der Waals surface area contributed by atoms with Gasteiger partial charge in [0.2, 0.25) is 5.91 Å². The van der Waals surface area contributed by atoms with E-state index in [4.69, 9.17) is 4.98 Å². The van der Waals surface area contributed by atoms with Crippen molar-refractivity contribution >= 4 is 39.8 Å². The molecular weight excluding hydrogens is 398 g/mol. The normalized spacial score (nSPS) is 10.9. The van der Waals surface area contributed by atoms with Gasteiger partial charge in [0, 0.05) is 18.3 Å². The SMILES string of the molecule is CCCCCc1c(C)c(C#N)c2nc3ccccc3n2c1Nc1ccc(NC(C)=O)cc1. The van der Waals surface area contributed by atoms with E-state index < -0.39 is 0 Å². The van der Waals surface area contributed by atoms with Crippen molar-refractivity contribution in [2.24, 2.45) is 0 Å². The van der Waals surface area contributed by atoms with E-state index in [-0.39, 0.29) is 5.91 Å². The summed E-state index contributed by atoms with van der Waals surface area (Å²) in [5.74, 6) is 0.840. The van der Waals surface area contributed by atoms with Crippen molar-refractivity contribution in [1.82, 2.24) is 9.38 Å². The molecule has 0 aliphatic heterocycles. The molecule has 2 aromatic carbocycles. The molecule has 6 heteroatoms. The predicted molar refractivity (Wildman–Crippen MR) is 129 cm³/mol. The first-order chi connectivity index (χ1) is 15.5. The maximum absolute atomic E-state index is 11.3. The lowest BCUT2D eigenvalue weighted by Crippen LogP contribution is -2.09. The lowest BCUT2D eigenvalue weighted by Gasteiger charge is -2.19. The zero-order valence-corrected chi connectivity index (χ0v) is 18.7. The van der Waals surface area contributed by atoms with Crippen molar-refractivity contribution < 1.29 is 4.79 Å². The van der Waals surface area contributed by atoms with Crippen LogP contribution in [0.2, 0.25) is 0 Å². The number of para-hydroxylation sites is 2. The van der Waals surface area contributed by atoms with Gasteiger partial charge in [-0.1, -0.05) is 31.9 Å². The second kappa shape index (κ2) is 9.11. The van der Waals surface area contributed by atoms with E-state index in [1.165, 1.54) is 6.92 Å². The van der Waals surface area contributed by atoms with Gasteiger partial charge in [0.1, 0.15) is 11.9 Å². The minimum atomic E-state index is -0.0989. The fourth-order valence-electron chi connectivity index (χ4n) is 4.15. The average Bonchev–Trinajstić information content (AvgIpc) is 3.16. The first-order valence-corrected chi connectivity index (χ1v) is 11.0. The summed E-state index contributed by atoms with van der Waals surface area (Å²) in [6.07, 6.45) is 4.20. The molecule has 32 heavy (non-hydrogen) atoms. The van der Waals surface area contributed by atoms with Crippen LogP contribution in [0.5, 0.6) is 0 Å². The van der Waals surface area contributed by atoms with Crippen LogP contribution in [0.15, 0.2) is 48.5 Å². The van der Waals surface area contributed by atoms with Crippen molar-refractivity contribution in [3.63, 3.8) is 0 Å². The predicted octanol–water partition coefficient (Wildman–Crippen LogP) is 6.10. The van der Waals surface area contributed by atoms with E-state index in [1.807, 2.05) is 55.5 Å². The third-order valence-corrected chi connectivity index (χ3v) is 5.73. The Morgan fingerprint density at radius 1 is 1.09 bits per heavy atom. The number of pyridine rings is 1. The van der Waals surface area contributed by atoms with E-state index in [0.717, 1.165) is 65.0 Å². The number of nitrogens with zero attached hydrogens (tertiary/aromatic N) is 3. The monoisotopic (exact) mass is 425 g/mol. The summed E-state index contributed by atoms with van der Waals surface area (Å²) < 4.78 is 2.07. The number of imidazole rings is 1.